The van der Waals surface area contributed by atoms with Crippen molar-refractivity contribution in [3.05, 3.63) is 56.1 Å². The molecule has 3 saturated heterocycles. The van der Waals surface area contributed by atoms with Crippen molar-refractivity contribution in [2.75, 3.05) is 23.9 Å². The highest BCUT2D eigenvalue weighted by Gasteiger charge is 2.75. The number of carbonyl (C=O) groups excluding carboxylic acids is 3. The molecule has 4 unspecified atom stereocenters. The van der Waals surface area contributed by atoms with Gasteiger partial charge in [0.05, 0.1) is 40.3 Å². The van der Waals surface area contributed by atoms with Crippen molar-refractivity contribution in [1.29, 1.82) is 0 Å². The largest absolute Gasteiger partial charge is 0.490 e. The molecule has 36 heavy (non-hydrogen) atoms. The number of rotatable bonds is 3. The van der Waals surface area contributed by atoms with Crippen molar-refractivity contribution >= 4 is 46.4 Å². The van der Waals surface area contributed by atoms with Gasteiger partial charge in [0.2, 0.25) is 11.8 Å². The average molecular weight is 511 g/mol. The topological polar surface area (TPSA) is 122 Å². The van der Waals surface area contributed by atoms with Crippen molar-refractivity contribution in [3.63, 3.8) is 0 Å². The van der Waals surface area contributed by atoms with Crippen LogP contribution in [0.15, 0.2) is 24.3 Å². The highest BCUT2D eigenvalue weighted by atomic mass is 35.5. The van der Waals surface area contributed by atoms with Crippen molar-refractivity contribution in [2.24, 2.45) is 11.8 Å². The predicted octanol–water partition coefficient (Wildman–Crippen LogP) is 3.30. The fourth-order valence-corrected chi connectivity index (χ4v) is 7.16. The van der Waals surface area contributed by atoms with Crippen molar-refractivity contribution in [3.8, 4) is 5.75 Å². The summed E-state index contributed by atoms with van der Waals surface area (Å²) in [4.78, 5) is 55.9. The molecule has 3 amide bonds. The molecule has 0 aliphatic carbocycles. The number of amides is 3. The van der Waals surface area contributed by atoms with E-state index >= 15 is 0 Å². The lowest BCUT2D eigenvalue weighted by molar-refractivity contribution is -0.385. The molecule has 4 atom stereocenters. The number of nitrogens with zero attached hydrogens (tertiary/aromatic N) is 3. The van der Waals surface area contributed by atoms with Gasteiger partial charge in [-0.05, 0) is 50.4 Å². The Labute approximate surface area is 211 Å². The minimum atomic E-state index is -1.35. The van der Waals surface area contributed by atoms with Crippen LogP contribution in [0.25, 0.3) is 0 Å². The first kappa shape index (κ1) is 22.9. The third-order valence-electron chi connectivity index (χ3n) is 8.13. The fraction of sp³-hybridized carbons (Fsp3) is 0.400. The lowest BCUT2D eigenvalue weighted by Crippen LogP contribution is -2.54. The van der Waals surface area contributed by atoms with Crippen LogP contribution in [-0.2, 0) is 19.9 Å². The molecule has 1 N–H and O–H groups in total. The van der Waals surface area contributed by atoms with E-state index in [1.165, 1.54) is 19.2 Å². The molecule has 0 aromatic heterocycles. The van der Waals surface area contributed by atoms with Gasteiger partial charge in [-0.25, -0.2) is 4.90 Å². The van der Waals surface area contributed by atoms with Gasteiger partial charge in [0.1, 0.15) is 5.54 Å². The minimum Gasteiger partial charge on any atom is -0.490 e. The maximum absolute atomic E-state index is 14.2. The van der Waals surface area contributed by atoms with Crippen LogP contribution in [0.4, 0.5) is 17.1 Å². The Kier molecular flexibility index (Phi) is 4.78. The SMILES string of the molecule is COc1cc(N2C(=O)C3C4CCCN4C4(C(=O)Nc5c(Cl)cc(C)cc54)C3C2=O)c(C)cc1[N+](=O)[O-]. The summed E-state index contributed by atoms with van der Waals surface area (Å²) in [5, 5.41) is 14.8. The summed E-state index contributed by atoms with van der Waals surface area (Å²) in [6.45, 7) is 4.06. The maximum Gasteiger partial charge on any atom is 0.311 e. The number of nitro groups is 1. The standard InChI is InChI=1S/C25H23ClN4O6/c1-11-7-13-21(14(26)8-11)27-24(33)25(13)20-19(15-5-4-6-28(15)25)22(31)29(23(20)32)16-10-18(36-3)17(30(34)35)9-12(16)2/h7-10,15,19-20H,4-6H2,1-3H3,(H,27,33). The average Bonchev–Trinajstić information content (AvgIpc) is 3.53. The molecular formula is C25H23ClN4O6. The molecule has 3 fully saturated rings. The number of anilines is 2. The molecular weight excluding hydrogens is 488 g/mol. The Morgan fingerprint density at radius 2 is 1.92 bits per heavy atom. The van der Waals surface area contributed by atoms with E-state index < -0.39 is 34.1 Å². The lowest BCUT2D eigenvalue weighted by atomic mass is 9.75. The Hall–Kier alpha value is -3.50. The first-order chi connectivity index (χ1) is 17.1. The van der Waals surface area contributed by atoms with Gasteiger partial charge in [-0.15, -0.1) is 0 Å². The highest BCUT2D eigenvalue weighted by Crippen LogP contribution is 2.61. The number of halogens is 1. The van der Waals surface area contributed by atoms with E-state index in [9.17, 15) is 24.5 Å². The smallest absolute Gasteiger partial charge is 0.311 e. The summed E-state index contributed by atoms with van der Waals surface area (Å²) in [5.74, 6) is -2.99. The van der Waals surface area contributed by atoms with Crippen molar-refractivity contribution in [2.45, 2.75) is 38.3 Å². The Bertz CT molecular complexity index is 1410. The molecule has 4 aliphatic heterocycles. The molecule has 4 aliphatic rings. The summed E-state index contributed by atoms with van der Waals surface area (Å²) >= 11 is 6.51. The van der Waals surface area contributed by atoms with E-state index in [4.69, 9.17) is 16.3 Å². The van der Waals surface area contributed by atoms with Crippen LogP contribution in [0.5, 0.6) is 5.75 Å². The van der Waals surface area contributed by atoms with Crippen molar-refractivity contribution in [1.82, 2.24) is 4.90 Å². The van der Waals surface area contributed by atoms with E-state index in [1.54, 1.807) is 13.0 Å². The lowest BCUT2D eigenvalue weighted by Gasteiger charge is -2.37. The summed E-state index contributed by atoms with van der Waals surface area (Å²) in [5.41, 5.74) is 0.948. The minimum absolute atomic E-state index is 0.0539. The molecule has 1 spiro atoms. The Morgan fingerprint density at radius 3 is 2.61 bits per heavy atom. The molecule has 4 heterocycles. The van der Waals surface area contributed by atoms with Gasteiger partial charge >= 0.3 is 5.69 Å². The second-order valence-electron chi connectivity index (χ2n) is 9.88. The zero-order chi connectivity index (χ0) is 25.7. The van der Waals surface area contributed by atoms with E-state index in [0.29, 0.717) is 34.8 Å². The van der Waals surface area contributed by atoms with Crippen LogP contribution in [0, 0.1) is 35.8 Å². The fourth-order valence-electron chi connectivity index (χ4n) is 6.84. The van der Waals surface area contributed by atoms with Crippen LogP contribution in [-0.4, -0.2) is 47.2 Å². The molecule has 0 radical (unpaired) electrons. The molecule has 186 valence electrons. The molecule has 2 aromatic carbocycles. The molecule has 2 aromatic rings. The number of nitro benzene ring substituents is 1. The molecule has 0 bridgehead atoms. The number of hydrogen-bond donors (Lipinski definition) is 1. The Balaban J connectivity index is 1.55. The highest BCUT2D eigenvalue weighted by molar-refractivity contribution is 6.35. The molecule has 11 heteroatoms. The zero-order valence-electron chi connectivity index (χ0n) is 19.8. The normalized spacial score (nSPS) is 28.5. The number of nitrogens with one attached hydrogen (secondary N) is 1. The third-order valence-corrected chi connectivity index (χ3v) is 8.43. The number of ether oxygens (including phenoxy) is 1. The summed E-state index contributed by atoms with van der Waals surface area (Å²) in [6, 6.07) is 5.99. The maximum atomic E-state index is 14.2. The first-order valence-corrected chi connectivity index (χ1v) is 12.1. The number of fused-ring (bicyclic) bond motifs is 7. The number of imide groups is 1. The second-order valence-corrected chi connectivity index (χ2v) is 10.3. The zero-order valence-corrected chi connectivity index (χ0v) is 20.6. The van der Waals surface area contributed by atoms with Gasteiger partial charge in [0.25, 0.3) is 5.91 Å². The number of methoxy groups -OCH3 is 1. The molecule has 0 saturated carbocycles. The molecule has 6 rings (SSSR count). The van der Waals surface area contributed by atoms with Crippen LogP contribution < -0.4 is 15.0 Å². The van der Waals surface area contributed by atoms with Gasteiger partial charge in [-0.2, -0.15) is 0 Å². The third kappa shape index (κ3) is 2.63. The quantitative estimate of drug-likeness (QED) is 0.382. The van der Waals surface area contributed by atoms with E-state index in [1.807, 2.05) is 17.9 Å². The summed E-state index contributed by atoms with van der Waals surface area (Å²) in [7, 11) is 1.29. The van der Waals surface area contributed by atoms with Gasteiger partial charge < -0.3 is 10.1 Å². The van der Waals surface area contributed by atoms with Crippen molar-refractivity contribution < 1.29 is 24.0 Å². The Morgan fingerprint density at radius 1 is 1.17 bits per heavy atom. The van der Waals surface area contributed by atoms with Gasteiger partial charge in [-0.3, -0.25) is 29.4 Å². The van der Waals surface area contributed by atoms with Crippen LogP contribution in [0.3, 0.4) is 0 Å². The van der Waals surface area contributed by atoms with E-state index in [0.717, 1.165) is 16.9 Å². The van der Waals surface area contributed by atoms with Gasteiger partial charge in [0, 0.05) is 23.7 Å². The van der Waals surface area contributed by atoms with Gasteiger partial charge in [0.15, 0.2) is 5.75 Å². The van der Waals surface area contributed by atoms with E-state index in [2.05, 4.69) is 5.32 Å². The van der Waals surface area contributed by atoms with Crippen LogP contribution >= 0.6 is 11.6 Å². The molecule has 10 nitrogen and oxygen atoms in total. The summed E-state index contributed by atoms with van der Waals surface area (Å²) in [6.07, 6.45) is 1.48. The van der Waals surface area contributed by atoms with Gasteiger partial charge in [-0.1, -0.05) is 17.7 Å². The van der Waals surface area contributed by atoms with E-state index in [-0.39, 0.29) is 29.1 Å². The van der Waals surface area contributed by atoms with Crippen LogP contribution in [0.2, 0.25) is 5.02 Å². The monoisotopic (exact) mass is 510 g/mol. The number of aryl methyl sites for hydroxylation is 2. The van der Waals surface area contributed by atoms with Crippen LogP contribution in [0.1, 0.15) is 29.5 Å². The number of hydrogen-bond acceptors (Lipinski definition) is 7. The predicted molar refractivity (Wildman–Crippen MR) is 130 cm³/mol. The number of carbonyl (C=O) groups is 3. The first-order valence-electron chi connectivity index (χ1n) is 11.7. The summed E-state index contributed by atoms with van der Waals surface area (Å²) < 4.78 is 5.20. The second kappa shape index (κ2) is 7.50. The number of benzene rings is 2.